The van der Waals surface area contributed by atoms with Crippen molar-refractivity contribution < 1.29 is 19.1 Å². The first-order valence-corrected chi connectivity index (χ1v) is 5.75. The second kappa shape index (κ2) is 5.00. The zero-order valence-corrected chi connectivity index (χ0v) is 10.0. The van der Waals surface area contributed by atoms with Crippen LogP contribution in [0.3, 0.4) is 0 Å². The number of carbonyl (C=O) groups excluding carboxylic acids is 3. The molecule has 1 fully saturated rings. The smallest absolute Gasteiger partial charge is 0.417 e. The molecule has 0 N–H and O–H groups in total. The molecule has 18 heavy (non-hydrogen) atoms. The third-order valence-electron chi connectivity index (χ3n) is 2.82. The van der Waals surface area contributed by atoms with E-state index in [0.29, 0.717) is 0 Å². The maximum Gasteiger partial charge on any atom is 0.417 e. The number of rotatable bonds is 3. The van der Waals surface area contributed by atoms with Gasteiger partial charge in [0.1, 0.15) is 6.61 Å². The Kier molecular flexibility index (Phi) is 3.41. The predicted molar refractivity (Wildman–Crippen MR) is 63.2 cm³/mol. The van der Waals surface area contributed by atoms with Gasteiger partial charge < -0.3 is 4.74 Å². The maximum atomic E-state index is 11.9. The minimum Gasteiger partial charge on any atom is -0.447 e. The van der Waals surface area contributed by atoms with Crippen LogP contribution < -0.4 is 0 Å². The van der Waals surface area contributed by atoms with Gasteiger partial charge in [0.05, 0.1) is 6.54 Å². The van der Waals surface area contributed by atoms with Gasteiger partial charge in [0.15, 0.2) is 0 Å². The van der Waals surface area contributed by atoms with Crippen LogP contribution in [0.25, 0.3) is 0 Å². The topological polar surface area (TPSA) is 63.7 Å². The summed E-state index contributed by atoms with van der Waals surface area (Å²) in [6.07, 6.45) is 0.111. The molecule has 0 spiro atoms. The van der Waals surface area contributed by atoms with Crippen LogP contribution in [0.1, 0.15) is 22.8 Å². The van der Waals surface area contributed by atoms with Gasteiger partial charge >= 0.3 is 12.0 Å². The summed E-state index contributed by atoms with van der Waals surface area (Å²) in [6.45, 7) is 2.28. The maximum absolute atomic E-state index is 11.9. The first-order valence-electron chi connectivity index (χ1n) is 5.75. The SMILES string of the molecule is CCc1ccc(C(=O)C(=O)N2CCOC2=O)cc1. The number of aryl methyl sites for hydroxylation is 1. The number of nitrogens with zero attached hydrogens (tertiary/aromatic N) is 1. The Morgan fingerprint density at radius 1 is 1.28 bits per heavy atom. The average molecular weight is 247 g/mol. The van der Waals surface area contributed by atoms with E-state index in [9.17, 15) is 14.4 Å². The summed E-state index contributed by atoms with van der Waals surface area (Å²) in [5.74, 6) is -1.52. The summed E-state index contributed by atoms with van der Waals surface area (Å²) in [5.41, 5.74) is 1.37. The molecule has 0 aliphatic carbocycles. The third kappa shape index (κ3) is 2.25. The summed E-state index contributed by atoms with van der Waals surface area (Å²) >= 11 is 0. The molecule has 0 radical (unpaired) electrons. The van der Waals surface area contributed by atoms with E-state index in [2.05, 4.69) is 4.74 Å². The van der Waals surface area contributed by atoms with Crippen LogP contribution >= 0.6 is 0 Å². The average Bonchev–Trinajstić information content (AvgIpc) is 2.83. The Labute approximate surface area is 104 Å². The van der Waals surface area contributed by atoms with Gasteiger partial charge in [0.25, 0.3) is 5.78 Å². The van der Waals surface area contributed by atoms with Gasteiger partial charge in [-0.2, -0.15) is 0 Å². The molecule has 1 saturated heterocycles. The third-order valence-corrected chi connectivity index (χ3v) is 2.82. The lowest BCUT2D eigenvalue weighted by atomic mass is 10.1. The van der Waals surface area contributed by atoms with E-state index in [4.69, 9.17) is 0 Å². The number of imide groups is 1. The Morgan fingerprint density at radius 3 is 2.44 bits per heavy atom. The fraction of sp³-hybridized carbons (Fsp3) is 0.308. The number of carbonyl (C=O) groups is 3. The minimum atomic E-state index is -0.832. The lowest BCUT2D eigenvalue weighted by Gasteiger charge is -2.09. The van der Waals surface area contributed by atoms with E-state index < -0.39 is 17.8 Å². The zero-order chi connectivity index (χ0) is 13.1. The van der Waals surface area contributed by atoms with Crippen molar-refractivity contribution in [2.75, 3.05) is 13.2 Å². The minimum absolute atomic E-state index is 0.135. The monoisotopic (exact) mass is 247 g/mol. The van der Waals surface area contributed by atoms with Crippen LogP contribution in [0.4, 0.5) is 4.79 Å². The highest BCUT2D eigenvalue weighted by Gasteiger charge is 2.33. The molecule has 5 nitrogen and oxygen atoms in total. The number of hydrogen-bond acceptors (Lipinski definition) is 4. The Morgan fingerprint density at radius 2 is 1.94 bits per heavy atom. The summed E-state index contributed by atoms with van der Waals surface area (Å²) < 4.78 is 4.62. The predicted octanol–water partition coefficient (Wildman–Crippen LogP) is 1.41. The molecule has 94 valence electrons. The molecule has 1 aromatic carbocycles. The van der Waals surface area contributed by atoms with Crippen LogP contribution in [0, 0.1) is 0 Å². The molecule has 0 aromatic heterocycles. The highest BCUT2D eigenvalue weighted by Crippen LogP contribution is 2.10. The van der Waals surface area contributed by atoms with Crippen LogP contribution in [0.2, 0.25) is 0 Å². The van der Waals surface area contributed by atoms with Gasteiger partial charge in [-0.25, -0.2) is 9.69 Å². The number of ether oxygens (including phenoxy) is 1. The van der Waals surface area contributed by atoms with E-state index in [1.54, 1.807) is 24.3 Å². The van der Waals surface area contributed by atoms with Crippen LogP contribution in [0.15, 0.2) is 24.3 Å². The van der Waals surface area contributed by atoms with Crippen LogP contribution in [-0.4, -0.2) is 35.8 Å². The first-order chi connectivity index (χ1) is 8.63. The molecule has 1 aliphatic heterocycles. The number of ketones is 1. The van der Waals surface area contributed by atoms with Crippen molar-refractivity contribution in [1.29, 1.82) is 0 Å². The standard InChI is InChI=1S/C13H13NO4/c1-2-9-3-5-10(6-4-9)11(15)12(16)14-7-8-18-13(14)17/h3-6H,2,7-8H2,1H3. The Hall–Kier alpha value is -2.17. The number of hydrogen-bond donors (Lipinski definition) is 0. The van der Waals surface area contributed by atoms with Gasteiger partial charge in [0, 0.05) is 5.56 Å². The van der Waals surface area contributed by atoms with Crippen molar-refractivity contribution in [3.63, 3.8) is 0 Å². The number of Topliss-reactive ketones (excluding diaryl/α,β-unsaturated/α-hetero) is 1. The summed E-state index contributed by atoms with van der Waals surface area (Å²) in [7, 11) is 0. The molecule has 1 aliphatic rings. The lowest BCUT2D eigenvalue weighted by molar-refractivity contribution is -0.123. The molecule has 0 unspecified atom stereocenters. The fourth-order valence-electron chi connectivity index (χ4n) is 1.72. The van der Waals surface area contributed by atoms with Crippen molar-refractivity contribution in [2.45, 2.75) is 13.3 Å². The molecule has 1 heterocycles. The molecule has 5 heteroatoms. The number of amides is 2. The molecular weight excluding hydrogens is 234 g/mol. The van der Waals surface area contributed by atoms with E-state index in [0.717, 1.165) is 16.9 Å². The Bertz CT molecular complexity index is 492. The second-order valence-electron chi connectivity index (χ2n) is 3.95. The van der Waals surface area contributed by atoms with Crippen molar-refractivity contribution in [2.24, 2.45) is 0 Å². The fourth-order valence-corrected chi connectivity index (χ4v) is 1.72. The van der Waals surface area contributed by atoms with Crippen LogP contribution in [-0.2, 0) is 16.0 Å². The highest BCUT2D eigenvalue weighted by molar-refractivity contribution is 6.44. The number of benzene rings is 1. The molecule has 2 amide bonds. The van der Waals surface area contributed by atoms with E-state index in [-0.39, 0.29) is 18.7 Å². The van der Waals surface area contributed by atoms with Crippen LogP contribution in [0.5, 0.6) is 0 Å². The van der Waals surface area contributed by atoms with Crippen molar-refractivity contribution in [3.05, 3.63) is 35.4 Å². The second-order valence-corrected chi connectivity index (χ2v) is 3.95. The molecule has 0 saturated carbocycles. The number of cyclic esters (lactones) is 1. The molecule has 0 bridgehead atoms. The molecular formula is C13H13NO4. The molecule has 1 aromatic rings. The Balaban J connectivity index is 2.15. The quantitative estimate of drug-likeness (QED) is 0.598. The molecule has 2 rings (SSSR count). The van der Waals surface area contributed by atoms with Gasteiger partial charge in [-0.1, -0.05) is 31.2 Å². The van der Waals surface area contributed by atoms with Gasteiger partial charge in [-0.05, 0) is 12.0 Å². The van der Waals surface area contributed by atoms with Crippen molar-refractivity contribution >= 4 is 17.8 Å². The largest absolute Gasteiger partial charge is 0.447 e. The van der Waals surface area contributed by atoms with Gasteiger partial charge in [0.2, 0.25) is 0 Å². The zero-order valence-electron chi connectivity index (χ0n) is 10.0. The van der Waals surface area contributed by atoms with E-state index in [1.807, 2.05) is 6.92 Å². The van der Waals surface area contributed by atoms with Gasteiger partial charge in [-0.15, -0.1) is 0 Å². The van der Waals surface area contributed by atoms with E-state index in [1.165, 1.54) is 0 Å². The van der Waals surface area contributed by atoms with Crippen molar-refractivity contribution in [1.82, 2.24) is 4.90 Å². The summed E-state index contributed by atoms with van der Waals surface area (Å²) in [5, 5.41) is 0. The molecule has 0 atom stereocenters. The summed E-state index contributed by atoms with van der Waals surface area (Å²) in [6, 6.07) is 6.78. The highest BCUT2D eigenvalue weighted by atomic mass is 16.6. The normalized spacial score (nSPS) is 14.5. The summed E-state index contributed by atoms with van der Waals surface area (Å²) in [4.78, 5) is 35.7. The van der Waals surface area contributed by atoms with Gasteiger partial charge in [-0.3, -0.25) is 9.59 Å². The van der Waals surface area contributed by atoms with E-state index >= 15 is 0 Å². The van der Waals surface area contributed by atoms with Crippen molar-refractivity contribution in [3.8, 4) is 0 Å². The first kappa shape index (κ1) is 12.3. The lowest BCUT2D eigenvalue weighted by Crippen LogP contribution is -2.37.